The van der Waals surface area contributed by atoms with Crippen molar-refractivity contribution >= 4 is 11.8 Å². The zero-order valence-electron chi connectivity index (χ0n) is 11.2. The normalized spacial score (nSPS) is 23.8. The lowest BCUT2D eigenvalue weighted by molar-refractivity contribution is -0.142. The first kappa shape index (κ1) is 14.0. The number of carbonyl (C=O) groups excluding carboxylic acids is 2. The Morgan fingerprint density at radius 1 is 1.47 bits per heavy atom. The lowest BCUT2D eigenvalue weighted by Gasteiger charge is -2.28. The molecule has 1 rings (SSSR count). The first-order valence-electron chi connectivity index (χ1n) is 6.11. The van der Waals surface area contributed by atoms with E-state index in [9.17, 15) is 9.59 Å². The lowest BCUT2D eigenvalue weighted by Crippen LogP contribution is -2.46. The molecule has 1 aliphatic rings. The predicted octanol–water partition coefficient (Wildman–Crippen LogP) is -0.0310. The Balaban J connectivity index is 2.49. The quantitative estimate of drug-likeness (QED) is 0.726. The number of carbonyl (C=O) groups is 2. The molecule has 0 aromatic carbocycles. The molecule has 1 fully saturated rings. The van der Waals surface area contributed by atoms with E-state index >= 15 is 0 Å². The van der Waals surface area contributed by atoms with Crippen molar-refractivity contribution in [3.8, 4) is 0 Å². The summed E-state index contributed by atoms with van der Waals surface area (Å²) in [7, 11) is 1.69. The molecular formula is C12H23N3O2. The SMILES string of the molecule is CC(C)NC(=O)CN(C)C(=O)C1(C)CCNC1. The maximum Gasteiger partial charge on any atom is 0.239 e. The molecule has 5 heteroatoms. The second kappa shape index (κ2) is 5.49. The topological polar surface area (TPSA) is 61.4 Å². The highest BCUT2D eigenvalue weighted by Crippen LogP contribution is 2.26. The molecule has 0 aliphatic carbocycles. The fourth-order valence-electron chi connectivity index (χ4n) is 2.12. The minimum Gasteiger partial charge on any atom is -0.352 e. The number of likely N-dealkylation sites (N-methyl/N-ethyl adjacent to an activating group) is 1. The van der Waals surface area contributed by atoms with E-state index in [1.807, 2.05) is 20.8 Å². The fourth-order valence-corrected chi connectivity index (χ4v) is 2.12. The zero-order valence-corrected chi connectivity index (χ0v) is 11.2. The third-order valence-corrected chi connectivity index (χ3v) is 3.06. The molecule has 2 N–H and O–H groups in total. The summed E-state index contributed by atoms with van der Waals surface area (Å²) in [5, 5.41) is 5.97. The zero-order chi connectivity index (χ0) is 13.1. The summed E-state index contributed by atoms with van der Waals surface area (Å²) in [5.41, 5.74) is -0.354. The van der Waals surface area contributed by atoms with Gasteiger partial charge in [-0.25, -0.2) is 0 Å². The third kappa shape index (κ3) is 3.70. The second-order valence-corrected chi connectivity index (χ2v) is 5.37. The first-order valence-corrected chi connectivity index (χ1v) is 6.11. The highest BCUT2D eigenvalue weighted by atomic mass is 16.2. The second-order valence-electron chi connectivity index (χ2n) is 5.37. The summed E-state index contributed by atoms with van der Waals surface area (Å²) in [6.45, 7) is 7.46. The van der Waals surface area contributed by atoms with Crippen LogP contribution in [-0.4, -0.2) is 49.4 Å². The van der Waals surface area contributed by atoms with Crippen molar-refractivity contribution in [3.63, 3.8) is 0 Å². The van der Waals surface area contributed by atoms with E-state index in [0.29, 0.717) is 6.54 Å². The van der Waals surface area contributed by atoms with Gasteiger partial charge in [-0.1, -0.05) is 0 Å². The highest BCUT2D eigenvalue weighted by molar-refractivity contribution is 5.88. The van der Waals surface area contributed by atoms with Gasteiger partial charge in [0.2, 0.25) is 11.8 Å². The molecule has 0 saturated carbocycles. The van der Waals surface area contributed by atoms with Gasteiger partial charge in [-0.2, -0.15) is 0 Å². The summed E-state index contributed by atoms with van der Waals surface area (Å²) < 4.78 is 0. The van der Waals surface area contributed by atoms with Crippen LogP contribution in [0.2, 0.25) is 0 Å². The van der Waals surface area contributed by atoms with Crippen LogP contribution in [0.4, 0.5) is 0 Å². The standard InChI is InChI=1S/C12H23N3O2/c1-9(2)14-10(16)7-15(4)11(17)12(3)5-6-13-8-12/h9,13H,5-8H2,1-4H3,(H,14,16). The van der Waals surface area contributed by atoms with Gasteiger partial charge < -0.3 is 15.5 Å². The van der Waals surface area contributed by atoms with Gasteiger partial charge in [-0.3, -0.25) is 9.59 Å². The highest BCUT2D eigenvalue weighted by Gasteiger charge is 2.38. The maximum absolute atomic E-state index is 12.2. The third-order valence-electron chi connectivity index (χ3n) is 3.06. The Bertz CT molecular complexity index is 296. The summed E-state index contributed by atoms with van der Waals surface area (Å²) >= 11 is 0. The molecule has 1 heterocycles. The number of nitrogens with one attached hydrogen (secondary N) is 2. The molecule has 1 unspecified atom stereocenters. The summed E-state index contributed by atoms with van der Waals surface area (Å²) in [5.74, 6) is -0.0631. The Morgan fingerprint density at radius 3 is 2.59 bits per heavy atom. The van der Waals surface area contributed by atoms with Crippen LogP contribution in [0.3, 0.4) is 0 Å². The number of nitrogens with zero attached hydrogens (tertiary/aromatic N) is 1. The fraction of sp³-hybridized carbons (Fsp3) is 0.833. The number of hydrogen-bond acceptors (Lipinski definition) is 3. The van der Waals surface area contributed by atoms with E-state index in [-0.39, 0.29) is 29.8 Å². The van der Waals surface area contributed by atoms with Crippen molar-refractivity contribution in [3.05, 3.63) is 0 Å². The molecule has 5 nitrogen and oxygen atoms in total. The van der Waals surface area contributed by atoms with Crippen LogP contribution in [0, 0.1) is 5.41 Å². The van der Waals surface area contributed by atoms with E-state index < -0.39 is 0 Å². The van der Waals surface area contributed by atoms with Crippen LogP contribution < -0.4 is 10.6 Å². The van der Waals surface area contributed by atoms with E-state index in [0.717, 1.165) is 13.0 Å². The Hall–Kier alpha value is -1.10. The summed E-state index contributed by atoms with van der Waals surface area (Å²) in [6, 6.07) is 0.106. The van der Waals surface area contributed by atoms with Gasteiger partial charge in [0.15, 0.2) is 0 Å². The molecular weight excluding hydrogens is 218 g/mol. The molecule has 98 valence electrons. The van der Waals surface area contributed by atoms with Gasteiger partial charge >= 0.3 is 0 Å². The van der Waals surface area contributed by atoms with Gasteiger partial charge in [-0.15, -0.1) is 0 Å². The van der Waals surface area contributed by atoms with Crippen molar-refractivity contribution < 1.29 is 9.59 Å². The van der Waals surface area contributed by atoms with E-state index in [1.54, 1.807) is 7.05 Å². The molecule has 0 aromatic rings. The van der Waals surface area contributed by atoms with Crippen molar-refractivity contribution in [2.24, 2.45) is 5.41 Å². The van der Waals surface area contributed by atoms with Gasteiger partial charge in [0.05, 0.1) is 12.0 Å². The van der Waals surface area contributed by atoms with E-state index in [2.05, 4.69) is 10.6 Å². The first-order chi connectivity index (χ1) is 7.85. The average Bonchev–Trinajstić information content (AvgIpc) is 2.63. The minimum absolute atomic E-state index is 0.0430. The molecule has 1 aliphatic heterocycles. The van der Waals surface area contributed by atoms with Crippen molar-refractivity contribution in [2.45, 2.75) is 33.2 Å². The Labute approximate surface area is 103 Å². The average molecular weight is 241 g/mol. The largest absolute Gasteiger partial charge is 0.352 e. The van der Waals surface area contributed by atoms with Gasteiger partial charge in [-0.05, 0) is 33.7 Å². The van der Waals surface area contributed by atoms with Crippen LogP contribution in [0.15, 0.2) is 0 Å². The lowest BCUT2D eigenvalue weighted by atomic mass is 9.88. The van der Waals surface area contributed by atoms with Crippen LogP contribution in [0.1, 0.15) is 27.2 Å². The van der Waals surface area contributed by atoms with Crippen LogP contribution in [0.25, 0.3) is 0 Å². The van der Waals surface area contributed by atoms with Gasteiger partial charge in [0.25, 0.3) is 0 Å². The van der Waals surface area contributed by atoms with Crippen LogP contribution in [0.5, 0.6) is 0 Å². The maximum atomic E-state index is 12.2. The Morgan fingerprint density at radius 2 is 2.12 bits per heavy atom. The molecule has 1 saturated heterocycles. The van der Waals surface area contributed by atoms with E-state index in [1.165, 1.54) is 4.90 Å². The van der Waals surface area contributed by atoms with Gasteiger partial charge in [0.1, 0.15) is 0 Å². The molecule has 0 spiro atoms. The van der Waals surface area contributed by atoms with Crippen molar-refractivity contribution in [2.75, 3.05) is 26.7 Å². The number of rotatable bonds is 4. The molecule has 1 atom stereocenters. The smallest absolute Gasteiger partial charge is 0.239 e. The predicted molar refractivity (Wildman–Crippen MR) is 66.5 cm³/mol. The van der Waals surface area contributed by atoms with Gasteiger partial charge in [0, 0.05) is 19.6 Å². The molecule has 2 amide bonds. The molecule has 17 heavy (non-hydrogen) atoms. The number of hydrogen-bond donors (Lipinski definition) is 2. The molecule has 0 bridgehead atoms. The number of amides is 2. The van der Waals surface area contributed by atoms with Crippen LogP contribution in [-0.2, 0) is 9.59 Å². The van der Waals surface area contributed by atoms with Crippen LogP contribution >= 0.6 is 0 Å². The summed E-state index contributed by atoms with van der Waals surface area (Å²) in [6.07, 6.45) is 0.835. The molecule has 0 radical (unpaired) electrons. The minimum atomic E-state index is -0.354. The summed E-state index contributed by atoms with van der Waals surface area (Å²) in [4.78, 5) is 25.3. The van der Waals surface area contributed by atoms with Crippen molar-refractivity contribution in [1.82, 2.24) is 15.5 Å². The molecule has 0 aromatic heterocycles. The monoisotopic (exact) mass is 241 g/mol. The van der Waals surface area contributed by atoms with Crippen molar-refractivity contribution in [1.29, 1.82) is 0 Å². The Kier molecular flexibility index (Phi) is 4.51. The van der Waals surface area contributed by atoms with E-state index in [4.69, 9.17) is 0 Å².